The number of hydrogen-bond donors (Lipinski definition) is 1. The van der Waals surface area contributed by atoms with Gasteiger partial charge in [-0.2, -0.15) is 0 Å². The number of carbonyl (C=O) groups excluding carboxylic acids is 1. The molecule has 7 nitrogen and oxygen atoms in total. The molecule has 0 spiro atoms. The van der Waals surface area contributed by atoms with Gasteiger partial charge in [-0.1, -0.05) is 11.3 Å². The molecule has 0 fully saturated rings. The van der Waals surface area contributed by atoms with Crippen molar-refractivity contribution in [3.63, 3.8) is 0 Å². The summed E-state index contributed by atoms with van der Waals surface area (Å²) in [5.74, 6) is -0.0516. The van der Waals surface area contributed by atoms with E-state index in [0.29, 0.717) is 24.8 Å². The van der Waals surface area contributed by atoms with Crippen LogP contribution in [-0.2, 0) is 22.7 Å². The molecule has 108 valence electrons. The van der Waals surface area contributed by atoms with Crippen LogP contribution in [0.4, 0.5) is 5.13 Å². The van der Waals surface area contributed by atoms with Gasteiger partial charge in [-0.25, -0.2) is 4.98 Å². The van der Waals surface area contributed by atoms with Crippen molar-refractivity contribution >= 4 is 22.4 Å². The Morgan fingerprint density at radius 2 is 2.40 bits per heavy atom. The molecular weight excluding hydrogens is 278 g/mol. The van der Waals surface area contributed by atoms with Crippen molar-refractivity contribution < 1.29 is 9.53 Å². The van der Waals surface area contributed by atoms with Gasteiger partial charge in [0, 0.05) is 32.0 Å². The van der Waals surface area contributed by atoms with Crippen molar-refractivity contribution in [2.45, 2.75) is 32.9 Å². The Kier molecular flexibility index (Phi) is 5.63. The van der Waals surface area contributed by atoms with Crippen LogP contribution in [0.3, 0.4) is 0 Å². The topological polar surface area (TPSA) is 81.9 Å². The van der Waals surface area contributed by atoms with Gasteiger partial charge in [-0.05, 0) is 13.3 Å². The molecular formula is C12H17N5O2S. The molecule has 0 aliphatic rings. The molecule has 0 radical (unpaired) electrons. The van der Waals surface area contributed by atoms with E-state index in [-0.39, 0.29) is 5.91 Å². The van der Waals surface area contributed by atoms with Gasteiger partial charge >= 0.3 is 0 Å². The highest BCUT2D eigenvalue weighted by Gasteiger charge is 2.08. The first-order chi connectivity index (χ1) is 9.78. The van der Waals surface area contributed by atoms with Crippen molar-refractivity contribution in [1.29, 1.82) is 0 Å². The van der Waals surface area contributed by atoms with Gasteiger partial charge in [-0.15, -0.1) is 10.2 Å². The van der Waals surface area contributed by atoms with E-state index in [1.807, 2.05) is 17.7 Å². The lowest BCUT2D eigenvalue weighted by Crippen LogP contribution is -2.12. The summed E-state index contributed by atoms with van der Waals surface area (Å²) in [5, 5.41) is 11.9. The third-order valence-electron chi connectivity index (χ3n) is 2.52. The molecule has 0 saturated carbocycles. The van der Waals surface area contributed by atoms with Crippen LogP contribution < -0.4 is 5.32 Å². The molecule has 0 aliphatic heterocycles. The molecule has 8 heteroatoms. The lowest BCUT2D eigenvalue weighted by molar-refractivity contribution is -0.116. The lowest BCUT2D eigenvalue weighted by atomic mass is 10.3. The highest BCUT2D eigenvalue weighted by atomic mass is 32.1. The fourth-order valence-corrected chi connectivity index (χ4v) is 2.27. The minimum absolute atomic E-state index is 0.0516. The third-order valence-corrected chi connectivity index (χ3v) is 3.33. The van der Waals surface area contributed by atoms with Crippen LogP contribution in [0.1, 0.15) is 24.8 Å². The molecule has 2 heterocycles. The zero-order valence-corrected chi connectivity index (χ0v) is 12.1. The van der Waals surface area contributed by atoms with Gasteiger partial charge in [0.25, 0.3) is 0 Å². The predicted octanol–water partition coefficient (Wildman–Crippen LogP) is 1.69. The van der Waals surface area contributed by atoms with Crippen LogP contribution in [0.2, 0.25) is 0 Å². The zero-order valence-electron chi connectivity index (χ0n) is 11.3. The van der Waals surface area contributed by atoms with E-state index in [4.69, 9.17) is 4.74 Å². The molecule has 2 aromatic heterocycles. The fraction of sp³-hybridized carbons (Fsp3) is 0.500. The van der Waals surface area contributed by atoms with Gasteiger partial charge in [0.15, 0.2) is 0 Å². The van der Waals surface area contributed by atoms with Crippen LogP contribution in [0.15, 0.2) is 18.7 Å². The Balaban J connectivity index is 1.69. The average Bonchev–Trinajstić information content (AvgIpc) is 3.08. The Morgan fingerprint density at radius 1 is 1.50 bits per heavy atom. The van der Waals surface area contributed by atoms with E-state index in [1.54, 1.807) is 12.5 Å². The quantitative estimate of drug-likeness (QED) is 0.801. The van der Waals surface area contributed by atoms with E-state index >= 15 is 0 Å². The summed E-state index contributed by atoms with van der Waals surface area (Å²) in [6.07, 6.45) is 6.54. The summed E-state index contributed by atoms with van der Waals surface area (Å²) < 4.78 is 7.17. The first kappa shape index (κ1) is 14.6. The maximum atomic E-state index is 11.7. The first-order valence-corrected chi connectivity index (χ1v) is 7.25. The molecule has 0 saturated heterocycles. The summed E-state index contributed by atoms with van der Waals surface area (Å²) >= 11 is 1.34. The SMILES string of the molecule is CCOCc1nnc(NC(=O)CCCn2ccnc2)s1. The summed E-state index contributed by atoms with van der Waals surface area (Å²) in [4.78, 5) is 15.7. The minimum Gasteiger partial charge on any atom is -0.374 e. The Morgan fingerprint density at radius 3 is 3.15 bits per heavy atom. The van der Waals surface area contributed by atoms with Gasteiger partial charge in [-0.3, -0.25) is 4.79 Å². The van der Waals surface area contributed by atoms with E-state index in [2.05, 4.69) is 20.5 Å². The molecule has 0 atom stereocenters. The van der Waals surface area contributed by atoms with E-state index < -0.39 is 0 Å². The number of hydrogen-bond acceptors (Lipinski definition) is 6. The van der Waals surface area contributed by atoms with Gasteiger partial charge in [0.05, 0.1) is 6.33 Å². The Bertz CT molecular complexity index is 526. The van der Waals surface area contributed by atoms with Gasteiger partial charge in [0.1, 0.15) is 11.6 Å². The second-order valence-corrected chi connectivity index (χ2v) is 5.15. The van der Waals surface area contributed by atoms with Crippen molar-refractivity contribution in [3.8, 4) is 0 Å². The number of nitrogens with one attached hydrogen (secondary N) is 1. The fourth-order valence-electron chi connectivity index (χ4n) is 1.57. The minimum atomic E-state index is -0.0516. The number of aromatic nitrogens is 4. The molecule has 1 N–H and O–H groups in total. The maximum Gasteiger partial charge on any atom is 0.226 e. The summed E-state index contributed by atoms with van der Waals surface area (Å²) in [5.41, 5.74) is 0. The van der Waals surface area contributed by atoms with Gasteiger partial charge < -0.3 is 14.6 Å². The average molecular weight is 295 g/mol. The molecule has 1 amide bonds. The summed E-state index contributed by atoms with van der Waals surface area (Å²) in [6.45, 7) is 3.77. The third kappa shape index (κ3) is 4.71. The highest BCUT2D eigenvalue weighted by molar-refractivity contribution is 7.15. The lowest BCUT2D eigenvalue weighted by Gasteiger charge is -2.02. The standard InChI is InChI=1S/C12H17N5O2S/c1-2-19-8-11-15-16-12(20-11)14-10(18)4-3-6-17-7-5-13-9-17/h5,7,9H,2-4,6,8H2,1H3,(H,14,16,18). The van der Waals surface area contributed by atoms with Crippen LogP contribution in [0, 0.1) is 0 Å². The Labute approximate surface area is 121 Å². The van der Waals surface area contributed by atoms with E-state index in [0.717, 1.165) is 18.0 Å². The molecule has 2 aromatic rings. The number of nitrogens with zero attached hydrogens (tertiary/aromatic N) is 4. The first-order valence-electron chi connectivity index (χ1n) is 6.43. The zero-order chi connectivity index (χ0) is 14.2. The smallest absolute Gasteiger partial charge is 0.226 e. The second-order valence-electron chi connectivity index (χ2n) is 4.09. The largest absolute Gasteiger partial charge is 0.374 e. The van der Waals surface area contributed by atoms with Crippen LogP contribution in [-0.4, -0.2) is 32.3 Å². The van der Waals surface area contributed by atoms with Crippen molar-refractivity contribution in [1.82, 2.24) is 19.7 Å². The number of ether oxygens (including phenoxy) is 1. The van der Waals surface area contributed by atoms with Crippen molar-refractivity contribution in [2.75, 3.05) is 11.9 Å². The number of carbonyl (C=O) groups is 1. The number of imidazole rings is 1. The second kappa shape index (κ2) is 7.71. The van der Waals surface area contributed by atoms with E-state index in [9.17, 15) is 4.79 Å². The number of aryl methyl sites for hydroxylation is 1. The van der Waals surface area contributed by atoms with E-state index in [1.165, 1.54) is 11.3 Å². The predicted molar refractivity (Wildman–Crippen MR) is 75.3 cm³/mol. The monoisotopic (exact) mass is 295 g/mol. The van der Waals surface area contributed by atoms with Crippen LogP contribution >= 0.6 is 11.3 Å². The molecule has 0 unspecified atom stereocenters. The summed E-state index contributed by atoms with van der Waals surface area (Å²) in [7, 11) is 0. The number of amides is 1. The highest BCUT2D eigenvalue weighted by Crippen LogP contribution is 2.16. The van der Waals surface area contributed by atoms with Gasteiger partial charge in [0.2, 0.25) is 11.0 Å². The molecule has 20 heavy (non-hydrogen) atoms. The van der Waals surface area contributed by atoms with Crippen molar-refractivity contribution in [2.24, 2.45) is 0 Å². The van der Waals surface area contributed by atoms with Crippen LogP contribution in [0.25, 0.3) is 0 Å². The van der Waals surface area contributed by atoms with Crippen molar-refractivity contribution in [3.05, 3.63) is 23.7 Å². The molecule has 0 aliphatic carbocycles. The maximum absolute atomic E-state index is 11.7. The normalized spacial score (nSPS) is 10.7. The Hall–Kier alpha value is -1.80. The number of anilines is 1. The number of rotatable bonds is 8. The summed E-state index contributed by atoms with van der Waals surface area (Å²) in [6, 6.07) is 0. The molecule has 0 aromatic carbocycles. The van der Waals surface area contributed by atoms with Crippen LogP contribution in [0.5, 0.6) is 0 Å². The molecule has 2 rings (SSSR count). The molecule has 0 bridgehead atoms.